The number of hydrogen-bond acceptors (Lipinski definition) is 2. The molecule has 0 aromatic heterocycles. The van der Waals surface area contributed by atoms with E-state index in [1.807, 2.05) is 0 Å². The van der Waals surface area contributed by atoms with E-state index in [-0.39, 0.29) is 12.1 Å². The zero-order valence-corrected chi connectivity index (χ0v) is 9.84. The molecule has 2 unspecified atom stereocenters. The van der Waals surface area contributed by atoms with E-state index in [4.69, 9.17) is 0 Å². The molecule has 1 fully saturated rings. The highest BCUT2D eigenvalue weighted by molar-refractivity contribution is 4.87. The van der Waals surface area contributed by atoms with E-state index < -0.39 is 0 Å². The summed E-state index contributed by atoms with van der Waals surface area (Å²) in [5.41, 5.74) is -0.116. The van der Waals surface area contributed by atoms with Crippen LogP contribution in [0.4, 0.5) is 0 Å². The SMILES string of the molecule is CCC1CCCCC1NC(C)(C)CO. The molecule has 0 aromatic carbocycles. The average Bonchev–Trinajstić information content (AvgIpc) is 2.18. The molecule has 0 amide bonds. The highest BCUT2D eigenvalue weighted by atomic mass is 16.3. The Morgan fingerprint density at radius 1 is 1.29 bits per heavy atom. The molecule has 1 aliphatic carbocycles. The van der Waals surface area contributed by atoms with Gasteiger partial charge in [0.2, 0.25) is 0 Å². The quantitative estimate of drug-likeness (QED) is 0.728. The number of aliphatic hydroxyl groups is 1. The molecule has 14 heavy (non-hydrogen) atoms. The van der Waals surface area contributed by atoms with Crippen molar-refractivity contribution in [3.8, 4) is 0 Å². The van der Waals surface area contributed by atoms with Gasteiger partial charge in [-0.15, -0.1) is 0 Å². The highest BCUT2D eigenvalue weighted by Gasteiger charge is 2.28. The van der Waals surface area contributed by atoms with Gasteiger partial charge in [-0.25, -0.2) is 0 Å². The minimum absolute atomic E-state index is 0.116. The van der Waals surface area contributed by atoms with Crippen LogP contribution in [0.1, 0.15) is 52.9 Å². The monoisotopic (exact) mass is 199 g/mol. The van der Waals surface area contributed by atoms with E-state index in [0.29, 0.717) is 6.04 Å². The average molecular weight is 199 g/mol. The molecule has 0 bridgehead atoms. The van der Waals surface area contributed by atoms with Crippen molar-refractivity contribution in [3.63, 3.8) is 0 Å². The van der Waals surface area contributed by atoms with Crippen LogP contribution < -0.4 is 5.32 Å². The van der Waals surface area contributed by atoms with Crippen LogP contribution in [0.5, 0.6) is 0 Å². The van der Waals surface area contributed by atoms with Crippen LogP contribution in [-0.2, 0) is 0 Å². The van der Waals surface area contributed by atoms with Crippen LogP contribution >= 0.6 is 0 Å². The van der Waals surface area contributed by atoms with E-state index in [0.717, 1.165) is 5.92 Å². The molecule has 84 valence electrons. The maximum absolute atomic E-state index is 9.22. The first-order valence-electron chi connectivity index (χ1n) is 5.97. The van der Waals surface area contributed by atoms with Crippen LogP contribution in [0.2, 0.25) is 0 Å². The summed E-state index contributed by atoms with van der Waals surface area (Å²) < 4.78 is 0. The molecule has 0 aliphatic heterocycles. The lowest BCUT2D eigenvalue weighted by Gasteiger charge is -2.37. The van der Waals surface area contributed by atoms with Crippen molar-refractivity contribution in [2.45, 2.75) is 64.5 Å². The van der Waals surface area contributed by atoms with E-state index in [1.165, 1.54) is 32.1 Å². The molecular formula is C12H25NO. The Bertz CT molecular complexity index is 168. The number of hydrogen-bond donors (Lipinski definition) is 2. The highest BCUT2D eigenvalue weighted by Crippen LogP contribution is 2.28. The van der Waals surface area contributed by atoms with Gasteiger partial charge >= 0.3 is 0 Å². The Kier molecular flexibility index (Phi) is 4.39. The third kappa shape index (κ3) is 3.25. The molecule has 0 saturated heterocycles. The van der Waals surface area contributed by atoms with Gasteiger partial charge in [-0.3, -0.25) is 0 Å². The van der Waals surface area contributed by atoms with Gasteiger partial charge in [0.1, 0.15) is 0 Å². The van der Waals surface area contributed by atoms with Gasteiger partial charge in [-0.05, 0) is 32.6 Å². The number of nitrogens with one attached hydrogen (secondary N) is 1. The topological polar surface area (TPSA) is 32.3 Å². The maximum atomic E-state index is 9.22. The van der Waals surface area contributed by atoms with Gasteiger partial charge in [-0.1, -0.05) is 26.2 Å². The van der Waals surface area contributed by atoms with E-state index in [9.17, 15) is 5.11 Å². The standard InChI is InChI=1S/C12H25NO/c1-4-10-7-5-6-8-11(10)13-12(2,3)9-14/h10-11,13-14H,4-9H2,1-3H3. The van der Waals surface area contributed by atoms with Gasteiger partial charge in [-0.2, -0.15) is 0 Å². The fourth-order valence-corrected chi connectivity index (χ4v) is 2.43. The van der Waals surface area contributed by atoms with Gasteiger partial charge in [0, 0.05) is 11.6 Å². The van der Waals surface area contributed by atoms with Crippen molar-refractivity contribution in [3.05, 3.63) is 0 Å². The first kappa shape index (κ1) is 12.0. The molecule has 0 aromatic rings. The molecule has 2 heteroatoms. The smallest absolute Gasteiger partial charge is 0.0607 e. The summed E-state index contributed by atoms with van der Waals surface area (Å²) in [6.07, 6.45) is 6.63. The summed E-state index contributed by atoms with van der Waals surface area (Å²) in [6, 6.07) is 0.621. The van der Waals surface area contributed by atoms with Crippen molar-refractivity contribution in [1.82, 2.24) is 5.32 Å². The lowest BCUT2D eigenvalue weighted by Crippen LogP contribution is -2.52. The first-order chi connectivity index (χ1) is 6.59. The summed E-state index contributed by atoms with van der Waals surface area (Å²) in [7, 11) is 0. The molecule has 0 radical (unpaired) electrons. The van der Waals surface area contributed by atoms with Crippen molar-refractivity contribution < 1.29 is 5.11 Å². The predicted molar refractivity (Wildman–Crippen MR) is 60.3 cm³/mol. The van der Waals surface area contributed by atoms with Gasteiger partial charge < -0.3 is 10.4 Å². The minimum Gasteiger partial charge on any atom is -0.394 e. The van der Waals surface area contributed by atoms with Crippen LogP contribution in [-0.4, -0.2) is 23.3 Å². The summed E-state index contributed by atoms with van der Waals surface area (Å²) >= 11 is 0. The van der Waals surface area contributed by atoms with Crippen molar-refractivity contribution in [1.29, 1.82) is 0 Å². The Morgan fingerprint density at radius 2 is 1.93 bits per heavy atom. The lowest BCUT2D eigenvalue weighted by atomic mass is 9.81. The third-order valence-electron chi connectivity index (χ3n) is 3.40. The third-order valence-corrected chi connectivity index (χ3v) is 3.40. The fraction of sp³-hybridized carbons (Fsp3) is 1.00. The molecule has 0 heterocycles. The number of aliphatic hydroxyl groups excluding tert-OH is 1. The van der Waals surface area contributed by atoms with E-state index >= 15 is 0 Å². The summed E-state index contributed by atoms with van der Waals surface area (Å²) in [6.45, 7) is 6.65. The van der Waals surface area contributed by atoms with E-state index in [1.54, 1.807) is 0 Å². The van der Waals surface area contributed by atoms with Gasteiger partial charge in [0.15, 0.2) is 0 Å². The second-order valence-electron chi connectivity index (χ2n) is 5.25. The number of rotatable bonds is 4. The van der Waals surface area contributed by atoms with Crippen molar-refractivity contribution >= 4 is 0 Å². The Hall–Kier alpha value is -0.0800. The molecule has 0 spiro atoms. The molecule has 1 aliphatic rings. The van der Waals surface area contributed by atoms with Crippen LogP contribution in [0, 0.1) is 5.92 Å². The Labute approximate surface area is 88.1 Å². The predicted octanol–water partition coefficient (Wildman–Crippen LogP) is 2.32. The van der Waals surface area contributed by atoms with Crippen molar-refractivity contribution in [2.24, 2.45) is 5.92 Å². The molecular weight excluding hydrogens is 174 g/mol. The van der Waals surface area contributed by atoms with E-state index in [2.05, 4.69) is 26.1 Å². The second kappa shape index (κ2) is 5.13. The molecule has 1 rings (SSSR count). The first-order valence-corrected chi connectivity index (χ1v) is 5.97. The normalized spacial score (nSPS) is 29.1. The minimum atomic E-state index is -0.116. The summed E-state index contributed by atoms with van der Waals surface area (Å²) in [5, 5.41) is 12.8. The largest absolute Gasteiger partial charge is 0.394 e. The zero-order chi connectivity index (χ0) is 10.6. The Morgan fingerprint density at radius 3 is 2.50 bits per heavy atom. The Balaban J connectivity index is 2.48. The van der Waals surface area contributed by atoms with Crippen LogP contribution in [0.15, 0.2) is 0 Å². The molecule has 2 nitrogen and oxygen atoms in total. The lowest BCUT2D eigenvalue weighted by molar-refractivity contribution is 0.141. The van der Waals surface area contributed by atoms with Crippen LogP contribution in [0.25, 0.3) is 0 Å². The molecule has 2 atom stereocenters. The molecule has 1 saturated carbocycles. The van der Waals surface area contributed by atoms with Crippen molar-refractivity contribution in [2.75, 3.05) is 6.61 Å². The second-order valence-corrected chi connectivity index (χ2v) is 5.25. The zero-order valence-electron chi connectivity index (χ0n) is 9.84. The van der Waals surface area contributed by atoms with Gasteiger partial charge in [0.05, 0.1) is 6.61 Å². The maximum Gasteiger partial charge on any atom is 0.0607 e. The molecule has 2 N–H and O–H groups in total. The fourth-order valence-electron chi connectivity index (χ4n) is 2.43. The van der Waals surface area contributed by atoms with Crippen LogP contribution in [0.3, 0.4) is 0 Å². The summed E-state index contributed by atoms with van der Waals surface area (Å²) in [5.74, 6) is 0.814. The summed E-state index contributed by atoms with van der Waals surface area (Å²) in [4.78, 5) is 0. The van der Waals surface area contributed by atoms with Gasteiger partial charge in [0.25, 0.3) is 0 Å².